The zero-order valence-corrected chi connectivity index (χ0v) is 22.1. The number of nitrogens with zero attached hydrogens (tertiary/aromatic N) is 2. The maximum atomic E-state index is 12.6. The van der Waals surface area contributed by atoms with Gasteiger partial charge in [-0.05, 0) is 73.9 Å². The Hall–Kier alpha value is -4.26. The summed E-state index contributed by atoms with van der Waals surface area (Å²) >= 11 is 0. The summed E-state index contributed by atoms with van der Waals surface area (Å²) in [4.78, 5) is 18.9. The summed E-state index contributed by atoms with van der Waals surface area (Å²) < 4.78 is 23.4. The number of ether oxygens (including phenoxy) is 4. The standard InChI is InChI=1S/C31H32N2O5/c1-20(2)37-28-13-12-23(16-30(28)35-4)24-15-27-26(11-8-14-32-27)29(17-24)36-19-25-18-33(31(34)38-25)21(3)22-9-6-5-7-10-22/h5-17,20-21,25H,18-19H2,1-4H3. The predicted molar refractivity (Wildman–Crippen MR) is 147 cm³/mol. The van der Waals surface area contributed by atoms with Gasteiger partial charge in [0.05, 0.1) is 31.3 Å². The molecular formula is C31H32N2O5. The summed E-state index contributed by atoms with van der Waals surface area (Å²) in [6, 6.07) is 23.6. The summed E-state index contributed by atoms with van der Waals surface area (Å²) in [5, 5.41) is 0.891. The van der Waals surface area contributed by atoms with Crippen molar-refractivity contribution in [2.45, 2.75) is 39.0 Å². The van der Waals surface area contributed by atoms with Crippen molar-refractivity contribution < 1.29 is 23.7 Å². The lowest BCUT2D eigenvalue weighted by Crippen LogP contribution is -2.29. The van der Waals surface area contributed by atoms with E-state index in [1.807, 2.05) is 93.6 Å². The number of hydrogen-bond donors (Lipinski definition) is 0. The smallest absolute Gasteiger partial charge is 0.410 e. The third kappa shape index (κ3) is 5.37. The molecule has 1 aliphatic heterocycles. The zero-order valence-electron chi connectivity index (χ0n) is 22.1. The summed E-state index contributed by atoms with van der Waals surface area (Å²) in [5.41, 5.74) is 3.76. The quantitative estimate of drug-likeness (QED) is 0.250. The summed E-state index contributed by atoms with van der Waals surface area (Å²) in [6.07, 6.45) is 1.09. The average Bonchev–Trinajstić information content (AvgIpc) is 3.31. The van der Waals surface area contributed by atoms with Crippen LogP contribution >= 0.6 is 0 Å². The molecule has 1 aromatic heterocycles. The van der Waals surface area contributed by atoms with Gasteiger partial charge in [0.15, 0.2) is 17.6 Å². The van der Waals surface area contributed by atoms with Crippen LogP contribution in [0, 0.1) is 0 Å². The zero-order chi connectivity index (χ0) is 26.6. The largest absolute Gasteiger partial charge is 0.493 e. The van der Waals surface area contributed by atoms with Crippen LogP contribution < -0.4 is 14.2 Å². The molecule has 4 aromatic rings. The van der Waals surface area contributed by atoms with Crippen molar-refractivity contribution in [2.24, 2.45) is 0 Å². The molecule has 1 fully saturated rings. The lowest BCUT2D eigenvalue weighted by molar-refractivity contribution is 0.102. The van der Waals surface area contributed by atoms with E-state index in [2.05, 4.69) is 4.98 Å². The third-order valence-corrected chi connectivity index (χ3v) is 6.62. The lowest BCUT2D eigenvalue weighted by atomic mass is 10.0. The summed E-state index contributed by atoms with van der Waals surface area (Å²) in [6.45, 7) is 6.67. The van der Waals surface area contributed by atoms with Gasteiger partial charge in [0, 0.05) is 11.6 Å². The Morgan fingerprint density at radius 1 is 0.947 bits per heavy atom. The average molecular weight is 513 g/mol. The van der Waals surface area contributed by atoms with E-state index in [0.29, 0.717) is 23.8 Å². The number of pyridine rings is 1. The minimum absolute atomic E-state index is 0.0379. The molecule has 5 rings (SSSR count). The normalized spacial score (nSPS) is 16.0. The molecule has 7 heteroatoms. The SMILES string of the molecule is COc1cc(-c2cc(OCC3CN(C(C)c4ccccc4)C(=O)O3)c3cccnc3c2)ccc1OC(C)C. The molecule has 1 amide bonds. The Morgan fingerprint density at radius 2 is 1.74 bits per heavy atom. The number of hydrogen-bond acceptors (Lipinski definition) is 6. The van der Waals surface area contributed by atoms with Gasteiger partial charge in [-0.1, -0.05) is 36.4 Å². The molecule has 1 aliphatic rings. The van der Waals surface area contributed by atoms with Crippen molar-refractivity contribution in [3.63, 3.8) is 0 Å². The van der Waals surface area contributed by atoms with E-state index < -0.39 is 0 Å². The highest BCUT2D eigenvalue weighted by atomic mass is 16.6. The molecule has 0 saturated carbocycles. The van der Waals surface area contributed by atoms with Crippen molar-refractivity contribution in [3.8, 4) is 28.4 Å². The Balaban J connectivity index is 1.37. The minimum atomic E-state index is -0.378. The van der Waals surface area contributed by atoms with Crippen LogP contribution in [0.3, 0.4) is 0 Å². The molecule has 0 spiro atoms. The van der Waals surface area contributed by atoms with E-state index in [1.54, 1.807) is 18.2 Å². The van der Waals surface area contributed by atoms with E-state index in [-0.39, 0.29) is 30.9 Å². The summed E-state index contributed by atoms with van der Waals surface area (Å²) in [5.74, 6) is 2.03. The molecule has 2 heterocycles. The highest BCUT2D eigenvalue weighted by Crippen LogP contribution is 2.37. The monoisotopic (exact) mass is 512 g/mol. The number of carbonyl (C=O) groups excluding carboxylic acids is 1. The predicted octanol–water partition coefficient (Wildman–Crippen LogP) is 6.66. The van der Waals surface area contributed by atoms with Crippen LogP contribution in [0.25, 0.3) is 22.0 Å². The number of methoxy groups -OCH3 is 1. The number of rotatable bonds is 9. The van der Waals surface area contributed by atoms with E-state index in [4.69, 9.17) is 18.9 Å². The Morgan fingerprint density at radius 3 is 2.50 bits per heavy atom. The van der Waals surface area contributed by atoms with Crippen molar-refractivity contribution in [1.82, 2.24) is 9.88 Å². The first-order valence-corrected chi connectivity index (χ1v) is 12.8. The molecule has 0 aliphatic carbocycles. The van der Waals surface area contributed by atoms with Gasteiger partial charge in [-0.3, -0.25) is 9.88 Å². The van der Waals surface area contributed by atoms with Gasteiger partial charge in [-0.15, -0.1) is 0 Å². The molecule has 0 bridgehead atoms. The van der Waals surface area contributed by atoms with Gasteiger partial charge in [0.2, 0.25) is 0 Å². The van der Waals surface area contributed by atoms with Gasteiger partial charge in [-0.2, -0.15) is 0 Å². The molecular weight excluding hydrogens is 480 g/mol. The Bertz CT molecular complexity index is 1420. The van der Waals surface area contributed by atoms with Crippen LogP contribution in [-0.4, -0.2) is 48.4 Å². The Kier molecular flexibility index (Phi) is 7.36. The molecule has 7 nitrogen and oxygen atoms in total. The number of amides is 1. The van der Waals surface area contributed by atoms with Gasteiger partial charge < -0.3 is 18.9 Å². The van der Waals surface area contributed by atoms with Gasteiger partial charge in [0.25, 0.3) is 0 Å². The highest BCUT2D eigenvalue weighted by Gasteiger charge is 2.35. The van der Waals surface area contributed by atoms with Crippen LogP contribution in [0.15, 0.2) is 79.0 Å². The van der Waals surface area contributed by atoms with Crippen molar-refractivity contribution >= 4 is 17.0 Å². The fourth-order valence-corrected chi connectivity index (χ4v) is 4.67. The molecule has 0 radical (unpaired) electrons. The lowest BCUT2D eigenvalue weighted by Gasteiger charge is -2.22. The van der Waals surface area contributed by atoms with Crippen LogP contribution in [0.4, 0.5) is 4.79 Å². The second kappa shape index (κ2) is 11.0. The molecule has 0 N–H and O–H groups in total. The first-order valence-electron chi connectivity index (χ1n) is 12.8. The maximum Gasteiger partial charge on any atom is 0.410 e. The third-order valence-electron chi connectivity index (χ3n) is 6.62. The first kappa shape index (κ1) is 25.4. The fourth-order valence-electron chi connectivity index (χ4n) is 4.67. The maximum absolute atomic E-state index is 12.6. The first-order chi connectivity index (χ1) is 18.4. The van der Waals surface area contributed by atoms with Crippen molar-refractivity contribution in [3.05, 3.63) is 84.6 Å². The molecule has 38 heavy (non-hydrogen) atoms. The fraction of sp³-hybridized carbons (Fsp3) is 0.290. The van der Waals surface area contributed by atoms with E-state index in [1.165, 1.54) is 0 Å². The van der Waals surface area contributed by atoms with Crippen molar-refractivity contribution in [1.29, 1.82) is 0 Å². The van der Waals surface area contributed by atoms with E-state index in [9.17, 15) is 4.79 Å². The minimum Gasteiger partial charge on any atom is -0.493 e. The van der Waals surface area contributed by atoms with E-state index >= 15 is 0 Å². The number of carbonyl (C=O) groups is 1. The topological polar surface area (TPSA) is 70.1 Å². The molecule has 3 aromatic carbocycles. The van der Waals surface area contributed by atoms with Crippen LogP contribution in [0.2, 0.25) is 0 Å². The molecule has 196 valence electrons. The van der Waals surface area contributed by atoms with Crippen LogP contribution in [0.5, 0.6) is 17.2 Å². The number of aromatic nitrogens is 1. The number of fused-ring (bicyclic) bond motifs is 1. The van der Waals surface area contributed by atoms with Crippen molar-refractivity contribution in [2.75, 3.05) is 20.3 Å². The van der Waals surface area contributed by atoms with Gasteiger partial charge in [-0.25, -0.2) is 4.79 Å². The second-order valence-corrected chi connectivity index (χ2v) is 9.63. The second-order valence-electron chi connectivity index (χ2n) is 9.63. The Labute approximate surface area is 222 Å². The van der Waals surface area contributed by atoms with Crippen LogP contribution in [-0.2, 0) is 4.74 Å². The molecule has 1 saturated heterocycles. The van der Waals surface area contributed by atoms with Gasteiger partial charge in [0.1, 0.15) is 12.4 Å². The summed E-state index contributed by atoms with van der Waals surface area (Å²) in [7, 11) is 1.63. The van der Waals surface area contributed by atoms with Crippen LogP contribution in [0.1, 0.15) is 32.4 Å². The number of cyclic esters (lactones) is 1. The molecule has 2 atom stereocenters. The number of benzene rings is 3. The molecule has 2 unspecified atom stereocenters. The van der Waals surface area contributed by atoms with Gasteiger partial charge >= 0.3 is 6.09 Å². The highest BCUT2D eigenvalue weighted by molar-refractivity contribution is 5.90. The van der Waals surface area contributed by atoms with E-state index in [0.717, 1.165) is 27.6 Å².